The van der Waals surface area contributed by atoms with Gasteiger partial charge in [-0.25, -0.2) is 4.79 Å². The number of carbonyl (C=O) groups excluding carboxylic acids is 1. The predicted octanol–water partition coefficient (Wildman–Crippen LogP) is 7.41. The van der Waals surface area contributed by atoms with Crippen molar-refractivity contribution in [3.05, 3.63) is 34.9 Å². The highest BCUT2D eigenvalue weighted by molar-refractivity contribution is 5.88. The molecule has 11 atom stereocenters. The quantitative estimate of drug-likeness (QED) is 0.165. The SMILES string of the molecule is CC=C1COC(C=C(C)C(=O)OC2CC3(C(=O)O)C(O)CC4(C)C(=CCC5C6(C)CCC(O)C(C)(C)C6CCC54C)C3CC2(C)C)C1. The van der Waals surface area contributed by atoms with E-state index >= 15 is 0 Å². The standard InChI is InChI=1S/C40H60O7/c1-10-24-18-25(46-22-24)17-23(2)33(43)47-32-21-40(34(44)45)27(19-35(32,3)4)26-11-12-29-37(7)15-14-30(41)36(5,6)28(37)13-16-38(29,8)39(26,9)20-31(40)42/h10-11,17,25,27-32,41-42H,12-16,18-22H2,1-9H3,(H,44,45). The first-order chi connectivity index (χ1) is 21.8. The minimum atomic E-state index is -1.43. The van der Waals surface area contributed by atoms with Crippen LogP contribution in [0.1, 0.15) is 120 Å². The fourth-order valence-corrected chi connectivity index (χ4v) is 12.3. The Morgan fingerprint density at radius 1 is 0.957 bits per heavy atom. The van der Waals surface area contributed by atoms with Crippen molar-refractivity contribution in [2.24, 2.45) is 50.2 Å². The lowest BCUT2D eigenvalue weighted by molar-refractivity contribution is -0.227. The van der Waals surface area contributed by atoms with Crippen molar-refractivity contribution < 1.29 is 34.4 Å². The largest absolute Gasteiger partial charge is 0.481 e. The summed E-state index contributed by atoms with van der Waals surface area (Å²) in [4.78, 5) is 26.9. The second kappa shape index (κ2) is 11.3. The molecule has 1 heterocycles. The summed E-state index contributed by atoms with van der Waals surface area (Å²) in [6.07, 6.45) is 10.5. The Kier molecular flexibility index (Phi) is 8.37. The summed E-state index contributed by atoms with van der Waals surface area (Å²) in [7, 11) is 0. The number of aliphatic hydroxyl groups excluding tert-OH is 2. The minimum absolute atomic E-state index is 0.0570. The van der Waals surface area contributed by atoms with Gasteiger partial charge in [0.2, 0.25) is 0 Å². The Balaban J connectivity index is 1.32. The van der Waals surface area contributed by atoms with E-state index in [1.807, 2.05) is 19.1 Å². The molecule has 0 aromatic carbocycles. The van der Waals surface area contributed by atoms with Gasteiger partial charge in [0.05, 0.1) is 24.9 Å². The summed E-state index contributed by atoms with van der Waals surface area (Å²) < 4.78 is 12.0. The Bertz CT molecular complexity index is 1400. The minimum Gasteiger partial charge on any atom is -0.481 e. The van der Waals surface area contributed by atoms with Crippen LogP contribution in [0.4, 0.5) is 0 Å². The molecule has 47 heavy (non-hydrogen) atoms. The van der Waals surface area contributed by atoms with E-state index in [0.29, 0.717) is 36.9 Å². The highest BCUT2D eigenvalue weighted by atomic mass is 16.5. The topological polar surface area (TPSA) is 113 Å². The number of fused-ring (bicyclic) bond motifs is 7. The van der Waals surface area contributed by atoms with Crippen molar-refractivity contribution in [2.45, 2.75) is 145 Å². The highest BCUT2D eigenvalue weighted by Crippen LogP contribution is 2.75. The number of aliphatic carboxylic acids is 1. The van der Waals surface area contributed by atoms with Crippen molar-refractivity contribution in [3.63, 3.8) is 0 Å². The van der Waals surface area contributed by atoms with E-state index in [1.165, 1.54) is 11.1 Å². The van der Waals surface area contributed by atoms with E-state index in [-0.39, 0.29) is 46.2 Å². The third kappa shape index (κ3) is 4.90. The molecule has 6 aliphatic rings. The van der Waals surface area contributed by atoms with Gasteiger partial charge in [-0.15, -0.1) is 0 Å². The molecule has 0 radical (unpaired) electrons. The number of hydrogen-bond donors (Lipinski definition) is 3. The fraction of sp³-hybridized carbons (Fsp3) is 0.800. The molecule has 5 fully saturated rings. The van der Waals surface area contributed by atoms with Crippen molar-refractivity contribution >= 4 is 11.9 Å². The number of aliphatic hydroxyl groups is 2. The van der Waals surface area contributed by atoms with E-state index in [1.54, 1.807) is 6.92 Å². The van der Waals surface area contributed by atoms with Gasteiger partial charge in [-0.3, -0.25) is 4.79 Å². The lowest BCUT2D eigenvalue weighted by Gasteiger charge is -2.71. The molecule has 7 nitrogen and oxygen atoms in total. The van der Waals surface area contributed by atoms with Crippen molar-refractivity contribution in [2.75, 3.05) is 6.61 Å². The Hall–Kier alpha value is -1.96. The normalized spacial score (nSPS) is 48.0. The van der Waals surface area contributed by atoms with Gasteiger partial charge in [0.1, 0.15) is 11.5 Å². The predicted molar refractivity (Wildman–Crippen MR) is 181 cm³/mol. The number of carboxylic acid groups (broad SMARTS) is 1. The maximum Gasteiger partial charge on any atom is 0.333 e. The van der Waals surface area contributed by atoms with Crippen LogP contribution in [0.5, 0.6) is 0 Å². The Morgan fingerprint density at radius 3 is 2.30 bits per heavy atom. The maximum absolute atomic E-state index is 13.5. The number of carbonyl (C=O) groups is 2. The lowest BCUT2D eigenvalue weighted by atomic mass is 9.33. The van der Waals surface area contributed by atoms with E-state index < -0.39 is 35.0 Å². The van der Waals surface area contributed by atoms with Crippen molar-refractivity contribution in [1.82, 2.24) is 0 Å². The molecule has 6 rings (SSSR count). The first-order valence-electron chi connectivity index (χ1n) is 18.2. The zero-order chi connectivity index (χ0) is 34.5. The molecule has 0 spiro atoms. The third-order valence-corrected chi connectivity index (χ3v) is 15.6. The summed E-state index contributed by atoms with van der Waals surface area (Å²) in [6, 6.07) is 0. The molecule has 11 unspecified atom stereocenters. The smallest absolute Gasteiger partial charge is 0.333 e. The number of hydrogen-bond acceptors (Lipinski definition) is 6. The lowest BCUT2D eigenvalue weighted by Crippen LogP contribution is -2.68. The van der Waals surface area contributed by atoms with Crippen LogP contribution in [0.25, 0.3) is 0 Å². The zero-order valence-corrected chi connectivity index (χ0v) is 30.3. The first-order valence-corrected chi connectivity index (χ1v) is 18.2. The second-order valence-electron chi connectivity index (χ2n) is 18.4. The van der Waals surface area contributed by atoms with Gasteiger partial charge in [0.15, 0.2) is 0 Å². The van der Waals surface area contributed by atoms with Gasteiger partial charge < -0.3 is 24.8 Å². The maximum atomic E-state index is 13.5. The van der Waals surface area contributed by atoms with Gasteiger partial charge >= 0.3 is 11.9 Å². The molecule has 262 valence electrons. The summed E-state index contributed by atoms with van der Waals surface area (Å²) in [6.45, 7) is 20.1. The number of allylic oxidation sites excluding steroid dienone is 3. The van der Waals surface area contributed by atoms with Gasteiger partial charge in [0, 0.05) is 23.8 Å². The fourth-order valence-electron chi connectivity index (χ4n) is 12.3. The molecule has 0 amide bonds. The third-order valence-electron chi connectivity index (χ3n) is 15.6. The highest BCUT2D eigenvalue weighted by Gasteiger charge is 2.72. The molecule has 0 aromatic rings. The van der Waals surface area contributed by atoms with E-state index in [9.17, 15) is 24.9 Å². The summed E-state index contributed by atoms with van der Waals surface area (Å²) in [5.74, 6) is -1.01. The molecule has 7 heteroatoms. The van der Waals surface area contributed by atoms with E-state index in [4.69, 9.17) is 9.47 Å². The molecule has 3 N–H and O–H groups in total. The average molecular weight is 653 g/mol. The molecule has 0 aromatic heterocycles. The number of ether oxygens (including phenoxy) is 2. The summed E-state index contributed by atoms with van der Waals surface area (Å²) >= 11 is 0. The zero-order valence-electron chi connectivity index (χ0n) is 30.3. The molecule has 5 aliphatic carbocycles. The van der Waals surface area contributed by atoms with E-state index in [0.717, 1.165) is 38.5 Å². The van der Waals surface area contributed by atoms with Crippen LogP contribution in [0.2, 0.25) is 0 Å². The molecular weight excluding hydrogens is 592 g/mol. The van der Waals surface area contributed by atoms with Crippen LogP contribution in [-0.4, -0.2) is 58.3 Å². The van der Waals surface area contributed by atoms with Gasteiger partial charge in [-0.2, -0.15) is 0 Å². The number of carboxylic acids is 1. The summed E-state index contributed by atoms with van der Waals surface area (Å²) in [5.41, 5.74) is 0.366. The van der Waals surface area contributed by atoms with Crippen molar-refractivity contribution in [3.8, 4) is 0 Å². The van der Waals surface area contributed by atoms with Crippen LogP contribution < -0.4 is 0 Å². The molecule has 4 saturated carbocycles. The van der Waals surface area contributed by atoms with Gasteiger partial charge in [-0.05, 0) is 110 Å². The first kappa shape index (κ1) is 34.9. The average Bonchev–Trinajstić information content (AvgIpc) is 3.43. The Morgan fingerprint density at radius 2 is 1.66 bits per heavy atom. The van der Waals surface area contributed by atoms with Crippen LogP contribution >= 0.6 is 0 Å². The monoisotopic (exact) mass is 652 g/mol. The number of esters is 1. The van der Waals surface area contributed by atoms with E-state index in [2.05, 4.69) is 54.5 Å². The molecule has 1 aliphatic heterocycles. The van der Waals surface area contributed by atoms with Gasteiger partial charge in [0.25, 0.3) is 0 Å². The van der Waals surface area contributed by atoms with Crippen LogP contribution in [0, 0.1) is 50.2 Å². The molecular formula is C40H60O7. The van der Waals surface area contributed by atoms with Gasteiger partial charge in [-0.1, -0.05) is 66.2 Å². The second-order valence-corrected chi connectivity index (χ2v) is 18.4. The number of rotatable bonds is 4. The van der Waals surface area contributed by atoms with Crippen LogP contribution in [0.3, 0.4) is 0 Å². The van der Waals surface area contributed by atoms with Crippen LogP contribution in [-0.2, 0) is 19.1 Å². The van der Waals surface area contributed by atoms with Crippen molar-refractivity contribution in [1.29, 1.82) is 0 Å². The molecule has 0 bridgehead atoms. The van der Waals surface area contributed by atoms with Crippen LogP contribution in [0.15, 0.2) is 34.9 Å². The molecule has 1 saturated heterocycles. The summed E-state index contributed by atoms with van der Waals surface area (Å²) in [5, 5.41) is 34.3. The Labute approximate surface area is 282 Å².